The summed E-state index contributed by atoms with van der Waals surface area (Å²) in [5, 5.41) is 9.00. The molecule has 0 aliphatic heterocycles. The summed E-state index contributed by atoms with van der Waals surface area (Å²) in [6.07, 6.45) is -0.648. The van der Waals surface area contributed by atoms with E-state index in [1.54, 1.807) is 13.8 Å². The van der Waals surface area contributed by atoms with E-state index in [0.29, 0.717) is 0 Å². The highest BCUT2D eigenvalue weighted by Crippen LogP contribution is 1.97. The van der Waals surface area contributed by atoms with Crippen LogP contribution in [0.3, 0.4) is 0 Å². The third-order valence-electron chi connectivity index (χ3n) is 1.51. The largest absolute Gasteiger partial charge is 0.371 e. The zero-order chi connectivity index (χ0) is 11.1. The van der Waals surface area contributed by atoms with Crippen molar-refractivity contribution >= 4 is 5.78 Å². The van der Waals surface area contributed by atoms with Crippen molar-refractivity contribution in [3.8, 4) is 0 Å². The molecular weight excluding hydrogens is 190 g/mol. The molecule has 0 saturated carbocycles. The van der Waals surface area contributed by atoms with Crippen molar-refractivity contribution in [1.29, 1.82) is 0 Å². The Hall–Kier alpha value is -1.17. The molecule has 0 fully saturated rings. The standard InChI is InChI=1S/C8H15NO5/c1-6(2)8(10)5-13-4-7(3)14-9(11)12/h6-7H,4-5H2,1-3H3. The first-order chi connectivity index (χ1) is 6.43. The van der Waals surface area contributed by atoms with Gasteiger partial charge in [0, 0.05) is 5.92 Å². The number of hydrogen-bond acceptors (Lipinski definition) is 5. The number of nitrogens with zero attached hydrogens (tertiary/aromatic N) is 1. The van der Waals surface area contributed by atoms with Gasteiger partial charge < -0.3 is 9.57 Å². The van der Waals surface area contributed by atoms with Crippen LogP contribution < -0.4 is 0 Å². The van der Waals surface area contributed by atoms with Gasteiger partial charge in [0.1, 0.15) is 12.7 Å². The molecule has 0 heterocycles. The number of carbonyl (C=O) groups excluding carboxylic acids is 1. The number of rotatable bonds is 7. The molecular formula is C8H15NO5. The van der Waals surface area contributed by atoms with E-state index in [4.69, 9.17) is 4.74 Å². The minimum Gasteiger partial charge on any atom is -0.371 e. The molecule has 6 nitrogen and oxygen atoms in total. The molecule has 0 amide bonds. The lowest BCUT2D eigenvalue weighted by Crippen LogP contribution is -2.23. The molecule has 0 aromatic rings. The van der Waals surface area contributed by atoms with Crippen LogP contribution in [0.25, 0.3) is 0 Å². The molecule has 1 atom stereocenters. The molecule has 14 heavy (non-hydrogen) atoms. The fraction of sp³-hybridized carbons (Fsp3) is 0.875. The summed E-state index contributed by atoms with van der Waals surface area (Å²) >= 11 is 0. The van der Waals surface area contributed by atoms with Crippen LogP contribution in [-0.2, 0) is 14.4 Å². The van der Waals surface area contributed by atoms with Crippen LogP contribution in [0.1, 0.15) is 20.8 Å². The minimum absolute atomic E-state index is 0.0247. The molecule has 0 aromatic carbocycles. The van der Waals surface area contributed by atoms with Gasteiger partial charge in [-0.3, -0.25) is 4.79 Å². The number of ketones is 1. The first kappa shape index (κ1) is 12.8. The minimum atomic E-state index is -0.877. The van der Waals surface area contributed by atoms with Crippen molar-refractivity contribution in [3.63, 3.8) is 0 Å². The monoisotopic (exact) mass is 205 g/mol. The molecule has 0 aliphatic carbocycles. The Bertz CT molecular complexity index is 204. The zero-order valence-electron chi connectivity index (χ0n) is 8.56. The van der Waals surface area contributed by atoms with Gasteiger partial charge in [-0.2, -0.15) is 0 Å². The molecule has 0 N–H and O–H groups in total. The molecule has 1 unspecified atom stereocenters. The first-order valence-corrected chi connectivity index (χ1v) is 4.35. The number of carbonyl (C=O) groups is 1. The maximum atomic E-state index is 11.0. The Morgan fingerprint density at radius 3 is 2.43 bits per heavy atom. The predicted molar refractivity (Wildman–Crippen MR) is 48.2 cm³/mol. The summed E-state index contributed by atoms with van der Waals surface area (Å²) in [6, 6.07) is 0. The molecule has 6 heteroatoms. The van der Waals surface area contributed by atoms with Crippen molar-refractivity contribution in [2.75, 3.05) is 13.2 Å². The maximum absolute atomic E-state index is 11.0. The molecule has 0 bridgehead atoms. The quantitative estimate of drug-likeness (QED) is 0.454. The van der Waals surface area contributed by atoms with Crippen LogP contribution >= 0.6 is 0 Å². The van der Waals surface area contributed by atoms with Crippen LogP contribution in [0.15, 0.2) is 0 Å². The summed E-state index contributed by atoms with van der Waals surface area (Å²) in [4.78, 5) is 25.1. The summed E-state index contributed by atoms with van der Waals surface area (Å²) in [5.74, 6) is -0.111. The molecule has 82 valence electrons. The van der Waals surface area contributed by atoms with Gasteiger partial charge in [-0.25, -0.2) is 0 Å². The SMILES string of the molecule is CC(COCC(=O)C(C)C)O[N+](=O)[O-]. The van der Waals surface area contributed by atoms with E-state index in [9.17, 15) is 14.9 Å². The number of Topliss-reactive ketones (excluding diaryl/α,β-unsaturated/α-hetero) is 1. The Balaban J connectivity index is 3.54. The van der Waals surface area contributed by atoms with E-state index in [1.165, 1.54) is 6.92 Å². The third kappa shape index (κ3) is 6.36. The van der Waals surface area contributed by atoms with Crippen molar-refractivity contribution in [3.05, 3.63) is 10.1 Å². The normalized spacial score (nSPS) is 12.6. The van der Waals surface area contributed by atoms with Gasteiger partial charge in [0.15, 0.2) is 5.78 Å². The second kappa shape index (κ2) is 6.31. The van der Waals surface area contributed by atoms with E-state index >= 15 is 0 Å². The zero-order valence-corrected chi connectivity index (χ0v) is 8.56. The van der Waals surface area contributed by atoms with E-state index in [-0.39, 0.29) is 24.9 Å². The lowest BCUT2D eigenvalue weighted by Gasteiger charge is -2.10. The van der Waals surface area contributed by atoms with Crippen LogP contribution in [0.5, 0.6) is 0 Å². The topological polar surface area (TPSA) is 78.7 Å². The van der Waals surface area contributed by atoms with Gasteiger partial charge in [-0.1, -0.05) is 13.8 Å². The Kier molecular flexibility index (Phi) is 5.78. The Morgan fingerprint density at radius 1 is 1.43 bits per heavy atom. The molecule has 0 radical (unpaired) electrons. The number of ether oxygens (including phenoxy) is 1. The van der Waals surface area contributed by atoms with E-state index in [2.05, 4.69) is 4.84 Å². The summed E-state index contributed by atoms with van der Waals surface area (Å²) < 4.78 is 4.94. The van der Waals surface area contributed by atoms with Gasteiger partial charge in [0.25, 0.3) is 5.09 Å². The molecule has 0 aromatic heterocycles. The summed E-state index contributed by atoms with van der Waals surface area (Å²) in [7, 11) is 0. The summed E-state index contributed by atoms with van der Waals surface area (Å²) in [6.45, 7) is 5.05. The van der Waals surface area contributed by atoms with Gasteiger partial charge in [0.05, 0.1) is 6.61 Å². The lowest BCUT2D eigenvalue weighted by atomic mass is 10.1. The van der Waals surface area contributed by atoms with Crippen LogP contribution in [0.4, 0.5) is 0 Å². The summed E-state index contributed by atoms with van der Waals surface area (Å²) in [5.41, 5.74) is 0. The molecule has 0 saturated heterocycles. The third-order valence-corrected chi connectivity index (χ3v) is 1.51. The van der Waals surface area contributed by atoms with E-state index in [1.807, 2.05) is 0 Å². The van der Waals surface area contributed by atoms with Crippen LogP contribution in [-0.4, -0.2) is 30.2 Å². The highest BCUT2D eigenvalue weighted by molar-refractivity contribution is 5.81. The fourth-order valence-corrected chi connectivity index (χ4v) is 0.670. The lowest BCUT2D eigenvalue weighted by molar-refractivity contribution is -0.768. The fourth-order valence-electron chi connectivity index (χ4n) is 0.670. The molecule has 0 spiro atoms. The molecule has 0 aliphatic rings. The van der Waals surface area contributed by atoms with E-state index in [0.717, 1.165) is 0 Å². The van der Waals surface area contributed by atoms with Crippen LogP contribution in [0.2, 0.25) is 0 Å². The van der Waals surface area contributed by atoms with Crippen molar-refractivity contribution in [1.82, 2.24) is 0 Å². The average Bonchev–Trinajstić information content (AvgIpc) is 2.02. The Morgan fingerprint density at radius 2 is 2.00 bits per heavy atom. The first-order valence-electron chi connectivity index (χ1n) is 4.35. The maximum Gasteiger partial charge on any atom is 0.294 e. The van der Waals surface area contributed by atoms with Crippen LogP contribution in [0, 0.1) is 16.0 Å². The van der Waals surface area contributed by atoms with Gasteiger partial charge in [0.2, 0.25) is 0 Å². The second-order valence-corrected chi connectivity index (χ2v) is 3.28. The predicted octanol–water partition coefficient (Wildman–Crippen LogP) is 0.825. The Labute approximate surface area is 82.3 Å². The highest BCUT2D eigenvalue weighted by atomic mass is 17.0. The van der Waals surface area contributed by atoms with Crippen molar-refractivity contribution in [2.45, 2.75) is 26.9 Å². The highest BCUT2D eigenvalue weighted by Gasteiger charge is 2.10. The second-order valence-electron chi connectivity index (χ2n) is 3.28. The number of hydrogen-bond donors (Lipinski definition) is 0. The molecule has 0 rings (SSSR count). The van der Waals surface area contributed by atoms with Gasteiger partial charge in [-0.05, 0) is 6.92 Å². The smallest absolute Gasteiger partial charge is 0.294 e. The van der Waals surface area contributed by atoms with Crippen molar-refractivity contribution < 1.29 is 19.5 Å². The average molecular weight is 205 g/mol. The van der Waals surface area contributed by atoms with Crippen molar-refractivity contribution in [2.24, 2.45) is 5.92 Å². The van der Waals surface area contributed by atoms with E-state index < -0.39 is 11.2 Å². The van der Waals surface area contributed by atoms with Gasteiger partial charge in [-0.15, -0.1) is 10.1 Å². The van der Waals surface area contributed by atoms with Gasteiger partial charge >= 0.3 is 0 Å².